The van der Waals surface area contributed by atoms with Crippen LogP contribution < -0.4 is 10.1 Å². The lowest BCUT2D eigenvalue weighted by Gasteiger charge is -2.37. The minimum Gasteiger partial charge on any atom is -0.488 e. The van der Waals surface area contributed by atoms with E-state index in [2.05, 4.69) is 20.2 Å². The van der Waals surface area contributed by atoms with Gasteiger partial charge in [0.2, 0.25) is 5.95 Å². The van der Waals surface area contributed by atoms with Crippen LogP contribution in [-0.4, -0.2) is 70.6 Å². The average Bonchev–Trinajstić information content (AvgIpc) is 2.99. The Hall–Kier alpha value is -2.22. The maximum absolute atomic E-state index is 11.0. The number of morpholine rings is 1. The number of benzene rings is 1. The van der Waals surface area contributed by atoms with E-state index in [1.165, 1.54) is 0 Å². The van der Waals surface area contributed by atoms with Crippen LogP contribution in [0.2, 0.25) is 0 Å². The maximum Gasteiger partial charge on any atom is 0.222 e. The normalized spacial score (nSPS) is 29.4. The Morgan fingerprint density at radius 1 is 1.08 bits per heavy atom. The Labute approximate surface area is 153 Å². The molecule has 0 radical (unpaired) electrons. The number of nitrogens with one attached hydrogen (secondary N) is 1. The van der Waals surface area contributed by atoms with Crippen LogP contribution in [0.3, 0.4) is 0 Å². The molecule has 2 fully saturated rings. The highest BCUT2D eigenvalue weighted by Gasteiger charge is 2.47. The first kappa shape index (κ1) is 17.2. The first-order chi connectivity index (χ1) is 12.8. The van der Waals surface area contributed by atoms with Gasteiger partial charge in [0, 0.05) is 31.9 Å². The third-order valence-electron chi connectivity index (χ3n) is 5.01. The average molecular weight is 356 g/mol. The third-order valence-corrected chi connectivity index (χ3v) is 5.01. The maximum atomic E-state index is 11.0. The predicted octanol–water partition coefficient (Wildman–Crippen LogP) is 1.17. The van der Waals surface area contributed by atoms with Crippen LogP contribution in [0.15, 0.2) is 48.8 Å². The van der Waals surface area contributed by atoms with Gasteiger partial charge in [-0.05, 0) is 18.2 Å². The van der Waals surface area contributed by atoms with Gasteiger partial charge in [-0.1, -0.05) is 18.2 Å². The van der Waals surface area contributed by atoms with Gasteiger partial charge >= 0.3 is 0 Å². The van der Waals surface area contributed by atoms with Gasteiger partial charge in [0.1, 0.15) is 18.0 Å². The van der Waals surface area contributed by atoms with Crippen molar-refractivity contribution in [3.8, 4) is 5.75 Å². The topological polar surface area (TPSA) is 79.7 Å². The van der Waals surface area contributed by atoms with Crippen LogP contribution in [0.5, 0.6) is 5.75 Å². The van der Waals surface area contributed by atoms with Crippen molar-refractivity contribution in [3.05, 3.63) is 48.8 Å². The standard InChI is InChI=1S/C19H24N4O3/c24-18-16(26-14-5-2-1-3-6-14)13-15(22-19-20-7-4-8-21-19)17(18)23-9-11-25-12-10-23/h1-8,15-18,24H,9-13H2,(H,20,21,22)/t15-,16-,17+,18+/m1/s1. The summed E-state index contributed by atoms with van der Waals surface area (Å²) in [5.74, 6) is 1.34. The van der Waals surface area contributed by atoms with Crippen molar-refractivity contribution in [1.29, 1.82) is 0 Å². The summed E-state index contributed by atoms with van der Waals surface area (Å²) in [6.07, 6.45) is 3.21. The number of ether oxygens (including phenoxy) is 2. The molecular weight excluding hydrogens is 332 g/mol. The van der Waals surface area contributed by atoms with Gasteiger partial charge in [-0.2, -0.15) is 0 Å². The molecule has 2 aromatic rings. The number of aliphatic hydroxyl groups excluding tert-OH is 1. The number of hydrogen-bond donors (Lipinski definition) is 2. The molecule has 26 heavy (non-hydrogen) atoms. The summed E-state index contributed by atoms with van der Waals surface area (Å²) in [7, 11) is 0. The zero-order valence-electron chi connectivity index (χ0n) is 14.6. The molecule has 7 nitrogen and oxygen atoms in total. The summed E-state index contributed by atoms with van der Waals surface area (Å²) in [5, 5.41) is 14.4. The first-order valence-corrected chi connectivity index (χ1v) is 9.06. The van der Waals surface area contributed by atoms with Crippen LogP contribution in [-0.2, 0) is 4.74 Å². The lowest BCUT2D eigenvalue weighted by Crippen LogP contribution is -2.54. The largest absolute Gasteiger partial charge is 0.488 e. The van der Waals surface area contributed by atoms with Gasteiger partial charge in [-0.3, -0.25) is 4.90 Å². The fourth-order valence-corrected chi connectivity index (χ4v) is 3.81. The molecule has 1 saturated heterocycles. The molecule has 2 heterocycles. The molecule has 1 aromatic carbocycles. The highest BCUT2D eigenvalue weighted by molar-refractivity contribution is 5.29. The van der Waals surface area contributed by atoms with Gasteiger partial charge in [0.05, 0.1) is 25.3 Å². The molecule has 1 saturated carbocycles. The number of nitrogens with zero attached hydrogens (tertiary/aromatic N) is 3. The Morgan fingerprint density at radius 2 is 1.81 bits per heavy atom. The summed E-state index contributed by atoms with van der Waals surface area (Å²) in [5.41, 5.74) is 0. The van der Waals surface area contributed by atoms with Gasteiger partial charge in [0.25, 0.3) is 0 Å². The highest BCUT2D eigenvalue weighted by Crippen LogP contribution is 2.31. The molecule has 1 aliphatic heterocycles. The Bertz CT molecular complexity index is 682. The summed E-state index contributed by atoms with van der Waals surface area (Å²) in [6, 6.07) is 11.4. The number of rotatable bonds is 5. The molecule has 2 N–H and O–H groups in total. The number of para-hydroxylation sites is 1. The summed E-state index contributed by atoms with van der Waals surface area (Å²) >= 11 is 0. The smallest absolute Gasteiger partial charge is 0.222 e. The fraction of sp³-hybridized carbons (Fsp3) is 0.474. The van der Waals surface area contributed by atoms with E-state index in [9.17, 15) is 5.11 Å². The molecule has 0 spiro atoms. The van der Waals surface area contributed by atoms with Crippen LogP contribution in [0.4, 0.5) is 5.95 Å². The van der Waals surface area contributed by atoms with Crippen molar-refractivity contribution in [2.45, 2.75) is 30.7 Å². The van der Waals surface area contributed by atoms with Gasteiger partial charge in [0.15, 0.2) is 0 Å². The number of aliphatic hydroxyl groups is 1. The Balaban J connectivity index is 1.53. The number of aromatic nitrogens is 2. The fourth-order valence-electron chi connectivity index (χ4n) is 3.81. The minimum atomic E-state index is -0.602. The minimum absolute atomic E-state index is 0.000729. The van der Waals surface area contributed by atoms with Crippen LogP contribution in [0.25, 0.3) is 0 Å². The molecule has 0 bridgehead atoms. The van der Waals surface area contributed by atoms with Gasteiger partial charge in [-0.15, -0.1) is 0 Å². The van der Waals surface area contributed by atoms with Gasteiger partial charge < -0.3 is 19.9 Å². The lowest BCUT2D eigenvalue weighted by molar-refractivity contribution is -0.0327. The Kier molecular flexibility index (Phi) is 5.29. The van der Waals surface area contributed by atoms with Crippen molar-refractivity contribution >= 4 is 5.95 Å². The molecule has 138 valence electrons. The van der Waals surface area contributed by atoms with E-state index in [0.717, 1.165) is 18.8 Å². The molecule has 4 atom stereocenters. The van der Waals surface area contributed by atoms with Crippen molar-refractivity contribution in [2.75, 3.05) is 31.6 Å². The second-order valence-electron chi connectivity index (χ2n) is 6.66. The van der Waals surface area contributed by atoms with Crippen molar-refractivity contribution < 1.29 is 14.6 Å². The van der Waals surface area contributed by atoms with Crippen molar-refractivity contribution in [3.63, 3.8) is 0 Å². The van der Waals surface area contributed by atoms with E-state index in [-0.39, 0.29) is 18.2 Å². The summed E-state index contributed by atoms with van der Waals surface area (Å²) < 4.78 is 11.6. The quantitative estimate of drug-likeness (QED) is 0.832. The molecule has 1 aromatic heterocycles. The predicted molar refractivity (Wildman–Crippen MR) is 97.1 cm³/mol. The molecular formula is C19H24N4O3. The molecule has 7 heteroatoms. The van der Waals surface area contributed by atoms with Crippen LogP contribution in [0, 0.1) is 0 Å². The van der Waals surface area contributed by atoms with E-state index < -0.39 is 6.10 Å². The lowest BCUT2D eigenvalue weighted by atomic mass is 10.1. The second-order valence-corrected chi connectivity index (χ2v) is 6.66. The third kappa shape index (κ3) is 3.80. The summed E-state index contributed by atoms with van der Waals surface area (Å²) in [6.45, 7) is 2.96. The molecule has 1 aliphatic carbocycles. The molecule has 2 aliphatic rings. The number of hydrogen-bond acceptors (Lipinski definition) is 7. The van der Waals surface area contributed by atoms with E-state index >= 15 is 0 Å². The summed E-state index contributed by atoms with van der Waals surface area (Å²) in [4.78, 5) is 10.8. The van der Waals surface area contributed by atoms with Crippen LogP contribution in [0.1, 0.15) is 6.42 Å². The van der Waals surface area contributed by atoms with Crippen LogP contribution >= 0.6 is 0 Å². The first-order valence-electron chi connectivity index (χ1n) is 9.06. The van der Waals surface area contributed by atoms with E-state index in [0.29, 0.717) is 25.6 Å². The van der Waals surface area contributed by atoms with E-state index in [1.54, 1.807) is 18.5 Å². The van der Waals surface area contributed by atoms with Crippen molar-refractivity contribution in [1.82, 2.24) is 14.9 Å². The molecule has 4 rings (SSSR count). The molecule has 0 amide bonds. The Morgan fingerprint density at radius 3 is 2.54 bits per heavy atom. The molecule has 0 unspecified atom stereocenters. The number of anilines is 1. The van der Waals surface area contributed by atoms with Gasteiger partial charge in [-0.25, -0.2) is 9.97 Å². The van der Waals surface area contributed by atoms with E-state index in [1.807, 2.05) is 30.3 Å². The van der Waals surface area contributed by atoms with E-state index in [4.69, 9.17) is 9.47 Å². The zero-order chi connectivity index (χ0) is 17.8. The zero-order valence-corrected chi connectivity index (χ0v) is 14.6. The van der Waals surface area contributed by atoms with Crippen molar-refractivity contribution in [2.24, 2.45) is 0 Å². The monoisotopic (exact) mass is 356 g/mol. The highest BCUT2D eigenvalue weighted by atomic mass is 16.5. The second kappa shape index (κ2) is 7.99. The SMILES string of the molecule is O[C@@H]1[C@@H](N2CCOCC2)[C@H](Nc2ncccn2)C[C@H]1Oc1ccccc1.